The molecule has 4 aromatic carbocycles. The SMILES string of the molecule is C[C@H](NC(=O)[C@@H]1Cc2ccc(O)c(c2)-c2cc(ccc2O)[C@H](N(C)C(=O)[C@H](CCCCN)NC(=O)c2ccc(-c3ccc(Cl)cc3)cc2)C(=O)N[C@@H](C)C(O)N1)C(=O)N1C[C@@H](O)C[C@H]1C(N)=O. The first-order valence-corrected chi connectivity index (χ1v) is 22.4. The fourth-order valence-electron chi connectivity index (χ4n) is 8.38. The highest BCUT2D eigenvalue weighted by molar-refractivity contribution is 6.30. The first kappa shape index (κ1) is 49.9. The van der Waals surface area contributed by atoms with Crippen molar-refractivity contribution < 1.29 is 49.2 Å². The van der Waals surface area contributed by atoms with Crippen LogP contribution < -0.4 is 32.7 Å². The zero-order valence-corrected chi connectivity index (χ0v) is 38.1. The molecule has 67 heavy (non-hydrogen) atoms. The fraction of sp³-hybridized carbons (Fsp3) is 0.375. The Bertz CT molecular complexity index is 2470. The Kier molecular flexibility index (Phi) is 16.2. The zero-order chi connectivity index (χ0) is 48.7. The molecule has 1 fully saturated rings. The number of halogens is 1. The van der Waals surface area contributed by atoms with Gasteiger partial charge in [0.15, 0.2) is 0 Å². The predicted molar refractivity (Wildman–Crippen MR) is 249 cm³/mol. The number of aromatic hydroxyl groups is 2. The zero-order valence-electron chi connectivity index (χ0n) is 37.3. The number of likely N-dealkylation sites (tertiary alicyclic amines) is 1. The number of nitrogens with two attached hydrogens (primary N) is 2. The number of likely N-dealkylation sites (N-methyl/N-ethyl adjacent to an activating group) is 1. The number of hydrogen-bond acceptors (Lipinski definition) is 12. The van der Waals surface area contributed by atoms with Gasteiger partial charge in [0.2, 0.25) is 29.5 Å². The van der Waals surface area contributed by atoms with Gasteiger partial charge in [0, 0.05) is 41.7 Å². The first-order chi connectivity index (χ1) is 31.9. The Morgan fingerprint density at radius 2 is 1.52 bits per heavy atom. The van der Waals surface area contributed by atoms with Crippen molar-refractivity contribution in [2.75, 3.05) is 20.1 Å². The van der Waals surface area contributed by atoms with Gasteiger partial charge in [0.25, 0.3) is 5.91 Å². The van der Waals surface area contributed by atoms with Gasteiger partial charge >= 0.3 is 0 Å². The van der Waals surface area contributed by atoms with Gasteiger partial charge in [-0.3, -0.25) is 34.1 Å². The van der Waals surface area contributed by atoms with Gasteiger partial charge in [-0.25, -0.2) is 0 Å². The van der Waals surface area contributed by atoms with E-state index in [4.69, 9.17) is 23.1 Å². The summed E-state index contributed by atoms with van der Waals surface area (Å²) in [5.41, 5.74) is 14.1. The number of primary amides is 1. The Balaban J connectivity index is 1.29. The third kappa shape index (κ3) is 11.9. The predicted octanol–water partition coefficient (Wildman–Crippen LogP) is 1.80. The highest BCUT2D eigenvalue weighted by Gasteiger charge is 2.41. The molecule has 6 rings (SSSR count). The average Bonchev–Trinajstić information content (AvgIpc) is 3.70. The van der Waals surface area contributed by atoms with Crippen molar-refractivity contribution in [3.63, 3.8) is 0 Å². The van der Waals surface area contributed by atoms with Gasteiger partial charge in [0.1, 0.15) is 41.9 Å². The molecule has 2 heterocycles. The number of benzene rings is 4. The van der Waals surface area contributed by atoms with Crippen LogP contribution in [0.25, 0.3) is 22.3 Å². The van der Waals surface area contributed by atoms with E-state index in [1.165, 1.54) is 57.3 Å². The number of rotatable bonds is 13. The van der Waals surface area contributed by atoms with Crippen LogP contribution in [-0.2, 0) is 30.4 Å². The van der Waals surface area contributed by atoms with E-state index in [2.05, 4.69) is 21.3 Å². The molecule has 0 spiro atoms. The number of β-amino-alcohol motifs (C(OH)–C–C–N with tert-alkyl or cyclic N) is 1. The summed E-state index contributed by atoms with van der Waals surface area (Å²) in [5, 5.41) is 55.7. The molecule has 0 saturated carbocycles. The van der Waals surface area contributed by atoms with Crippen LogP contribution in [0.15, 0.2) is 84.9 Å². The smallest absolute Gasteiger partial charge is 0.251 e. The number of carbonyl (C=O) groups excluding carboxylic acids is 6. The summed E-state index contributed by atoms with van der Waals surface area (Å²) in [4.78, 5) is 84.7. The lowest BCUT2D eigenvalue weighted by atomic mass is 9.93. The van der Waals surface area contributed by atoms with E-state index in [0.29, 0.717) is 30.0 Å². The van der Waals surface area contributed by atoms with Crippen molar-refractivity contribution in [1.29, 1.82) is 0 Å². The number of amides is 6. The molecule has 0 aliphatic carbocycles. The number of hydrogen-bond donors (Lipinski definition) is 10. The number of nitrogens with one attached hydrogen (secondary N) is 4. The van der Waals surface area contributed by atoms with Gasteiger partial charge in [-0.15, -0.1) is 0 Å². The lowest BCUT2D eigenvalue weighted by molar-refractivity contribution is -0.141. The summed E-state index contributed by atoms with van der Waals surface area (Å²) >= 11 is 6.05. The molecular weight excluding hydrogens is 884 g/mol. The Morgan fingerprint density at radius 3 is 2.16 bits per heavy atom. The molecule has 19 heteroatoms. The van der Waals surface area contributed by atoms with E-state index in [9.17, 15) is 49.2 Å². The number of aliphatic hydroxyl groups is 2. The number of carbonyl (C=O) groups is 6. The molecule has 2 aliphatic heterocycles. The van der Waals surface area contributed by atoms with Crippen molar-refractivity contribution in [2.24, 2.45) is 11.5 Å². The maximum absolute atomic E-state index is 14.6. The standard InChI is InChI=1S/C48H57ClN8O10/c1-25-43(62)55-37(45(64)53-26(2)47(66)57-24-33(58)23-38(57)42(51)61)21-27-7-17-39(59)34(20-27)35-22-31(14-18-40(35)60)41(46(65)52-25)56(3)48(67)36(6-4-5-19-50)54-44(63)30-10-8-28(9-11-30)29-12-15-32(49)16-13-29/h7-18,20,22,25-26,33,36-38,41,43,55,58-60,62H,4-6,19,21,23-24,50H2,1-3H3,(H2,51,61)(H,52,65)(H,53,64)(H,54,63)/t25-,26-,33-,36-,37-,38-,41-,43?/m0/s1. The molecule has 356 valence electrons. The molecule has 4 aromatic rings. The van der Waals surface area contributed by atoms with E-state index >= 15 is 0 Å². The van der Waals surface area contributed by atoms with E-state index in [1.807, 2.05) is 12.1 Å². The molecule has 1 unspecified atom stereocenters. The second-order valence-corrected chi connectivity index (χ2v) is 17.5. The van der Waals surface area contributed by atoms with Gasteiger partial charge in [-0.1, -0.05) is 48.0 Å². The lowest BCUT2D eigenvalue weighted by Gasteiger charge is -2.34. The monoisotopic (exact) mass is 940 g/mol. The Labute approximate surface area is 392 Å². The van der Waals surface area contributed by atoms with Gasteiger partial charge in [0.05, 0.1) is 18.2 Å². The molecule has 4 bridgehead atoms. The number of aliphatic hydroxyl groups excluding tert-OH is 2. The first-order valence-electron chi connectivity index (χ1n) is 22.0. The van der Waals surface area contributed by atoms with Crippen LogP contribution in [0.3, 0.4) is 0 Å². The molecule has 6 amide bonds. The quantitative estimate of drug-likeness (QED) is 0.0860. The van der Waals surface area contributed by atoms with Crippen molar-refractivity contribution in [3.8, 4) is 33.8 Å². The van der Waals surface area contributed by atoms with Crippen LogP contribution in [0.2, 0.25) is 5.02 Å². The number of unbranched alkanes of at least 4 members (excludes halogenated alkanes) is 1. The number of fused-ring (bicyclic) bond motifs is 5. The average molecular weight is 941 g/mol. The molecular formula is C48H57ClN8O10. The van der Waals surface area contributed by atoms with E-state index in [-0.39, 0.29) is 59.6 Å². The third-order valence-corrected chi connectivity index (χ3v) is 12.4. The van der Waals surface area contributed by atoms with E-state index in [1.54, 1.807) is 36.4 Å². The minimum Gasteiger partial charge on any atom is -0.507 e. The maximum atomic E-state index is 14.6. The summed E-state index contributed by atoms with van der Waals surface area (Å²) in [6, 6.07) is 15.4. The molecule has 2 aliphatic rings. The highest BCUT2D eigenvalue weighted by atomic mass is 35.5. The number of nitrogens with zero attached hydrogens (tertiary/aromatic N) is 2. The van der Waals surface area contributed by atoms with Crippen LogP contribution in [-0.4, -0.2) is 128 Å². The molecule has 1 saturated heterocycles. The number of phenolic OH excluding ortho intramolecular Hbond substituents is 2. The van der Waals surface area contributed by atoms with Crippen LogP contribution in [0.5, 0.6) is 11.5 Å². The van der Waals surface area contributed by atoms with Crippen LogP contribution in [0.1, 0.15) is 67.1 Å². The van der Waals surface area contributed by atoms with Crippen molar-refractivity contribution >= 4 is 47.0 Å². The topological polar surface area (TPSA) is 290 Å². The summed E-state index contributed by atoms with van der Waals surface area (Å²) in [6.07, 6.45) is -1.61. The Morgan fingerprint density at radius 1 is 0.896 bits per heavy atom. The maximum Gasteiger partial charge on any atom is 0.251 e. The van der Waals surface area contributed by atoms with Crippen LogP contribution in [0.4, 0.5) is 0 Å². The highest BCUT2D eigenvalue weighted by Crippen LogP contribution is 2.39. The molecule has 8 atom stereocenters. The van der Waals surface area contributed by atoms with Gasteiger partial charge in [-0.05, 0) is 117 Å². The van der Waals surface area contributed by atoms with E-state index in [0.717, 1.165) is 20.9 Å². The Hall–Kier alpha value is -6.57. The van der Waals surface area contributed by atoms with Crippen LogP contribution in [0, 0.1) is 0 Å². The lowest BCUT2D eigenvalue weighted by Crippen LogP contribution is -2.59. The molecule has 12 N–H and O–H groups in total. The largest absolute Gasteiger partial charge is 0.507 e. The van der Waals surface area contributed by atoms with Crippen LogP contribution >= 0.6 is 11.6 Å². The second kappa shape index (κ2) is 21.8. The van der Waals surface area contributed by atoms with Gasteiger partial charge in [-0.2, -0.15) is 0 Å². The molecule has 0 aromatic heterocycles. The molecule has 18 nitrogen and oxygen atoms in total. The van der Waals surface area contributed by atoms with Gasteiger partial charge < -0.3 is 57.6 Å². The normalized spacial score (nSPS) is 21.5. The van der Waals surface area contributed by atoms with Crippen molar-refractivity contribution in [2.45, 2.75) is 94.5 Å². The minimum atomic E-state index is -1.61. The third-order valence-electron chi connectivity index (χ3n) is 12.1. The van der Waals surface area contributed by atoms with Crippen molar-refractivity contribution in [1.82, 2.24) is 31.1 Å². The van der Waals surface area contributed by atoms with Crippen molar-refractivity contribution in [3.05, 3.63) is 107 Å². The number of phenols is 2. The minimum absolute atomic E-state index is 0.0535. The summed E-state index contributed by atoms with van der Waals surface area (Å²) in [5.74, 6) is -4.75. The fourth-order valence-corrected chi connectivity index (χ4v) is 8.51. The van der Waals surface area contributed by atoms with E-state index < -0.39 is 84.0 Å². The second-order valence-electron chi connectivity index (χ2n) is 17.1. The summed E-state index contributed by atoms with van der Waals surface area (Å²) < 4.78 is 0. The summed E-state index contributed by atoms with van der Waals surface area (Å²) in [7, 11) is 1.39. The summed E-state index contributed by atoms with van der Waals surface area (Å²) in [6.45, 7) is 3.04. The molecule has 0 radical (unpaired) electrons.